The topological polar surface area (TPSA) is 32.3 Å². The van der Waals surface area contributed by atoms with Crippen molar-refractivity contribution < 1.29 is 9.18 Å². The van der Waals surface area contributed by atoms with E-state index in [0.29, 0.717) is 5.02 Å². The van der Waals surface area contributed by atoms with Crippen molar-refractivity contribution in [2.24, 2.45) is 0 Å². The summed E-state index contributed by atoms with van der Waals surface area (Å²) in [7, 11) is 10.1. The lowest BCUT2D eigenvalue weighted by Gasteiger charge is -2.35. The standard InChI is InChI=1S/C9H9Cl4FN2OS/c1-15-9(17)16(18(12,13)5-14)6-2-3-7(10)8(11)4-6/h2-4H,5H2,1H3,(H,15,17). The van der Waals surface area contributed by atoms with E-state index in [2.05, 4.69) is 5.32 Å². The second-order valence-corrected chi connectivity index (χ2v) is 9.12. The van der Waals surface area contributed by atoms with Crippen LogP contribution >= 0.6 is 53.2 Å². The number of carbonyl (C=O) groups excluding carboxylic acids is 1. The Morgan fingerprint density at radius 3 is 2.44 bits per heavy atom. The predicted molar refractivity (Wildman–Crippen MR) is 78.7 cm³/mol. The van der Waals surface area contributed by atoms with E-state index in [1.165, 1.54) is 25.2 Å². The molecule has 0 aromatic heterocycles. The minimum Gasteiger partial charge on any atom is -0.340 e. The Morgan fingerprint density at radius 1 is 1.39 bits per heavy atom. The third kappa shape index (κ3) is 3.48. The number of nitrogens with one attached hydrogen (secondary N) is 1. The Labute approximate surface area is 125 Å². The van der Waals surface area contributed by atoms with Crippen LogP contribution in [-0.2, 0) is 0 Å². The lowest BCUT2D eigenvalue weighted by Crippen LogP contribution is -2.37. The minimum atomic E-state index is -2.96. The molecule has 3 nitrogen and oxygen atoms in total. The van der Waals surface area contributed by atoms with Crippen LogP contribution < -0.4 is 9.62 Å². The van der Waals surface area contributed by atoms with Crippen LogP contribution in [0.5, 0.6) is 0 Å². The summed E-state index contributed by atoms with van der Waals surface area (Å²) in [6.07, 6.45) is 0. The number of alkyl halides is 1. The molecule has 0 saturated carbocycles. The molecule has 1 aromatic carbocycles. The van der Waals surface area contributed by atoms with Crippen molar-refractivity contribution in [3.63, 3.8) is 0 Å². The van der Waals surface area contributed by atoms with Crippen LogP contribution in [0.4, 0.5) is 14.9 Å². The molecular formula is C9H9Cl4FN2OS. The first-order chi connectivity index (χ1) is 8.33. The Kier molecular flexibility index (Phi) is 5.67. The van der Waals surface area contributed by atoms with Gasteiger partial charge in [0.2, 0.25) is 0 Å². The van der Waals surface area contributed by atoms with Crippen LogP contribution in [0.25, 0.3) is 0 Å². The summed E-state index contributed by atoms with van der Waals surface area (Å²) in [5, 5.41) is 2.86. The van der Waals surface area contributed by atoms with Crippen LogP contribution in [-0.4, -0.2) is 19.1 Å². The Balaban J connectivity index is 3.26. The molecule has 1 aromatic rings. The lowest BCUT2D eigenvalue weighted by molar-refractivity contribution is 0.251. The molecule has 0 spiro atoms. The first kappa shape index (κ1) is 16.0. The number of hydrogen-bond donors (Lipinski definition) is 1. The number of amides is 2. The van der Waals surface area contributed by atoms with Gasteiger partial charge in [-0.25, -0.2) is 13.5 Å². The van der Waals surface area contributed by atoms with Gasteiger partial charge < -0.3 is 5.32 Å². The van der Waals surface area contributed by atoms with Crippen LogP contribution in [0.2, 0.25) is 10.0 Å². The Hall–Kier alpha value is -0.0700. The highest BCUT2D eigenvalue weighted by Crippen LogP contribution is 2.62. The molecule has 0 bridgehead atoms. The highest BCUT2D eigenvalue weighted by Gasteiger charge is 2.33. The van der Waals surface area contributed by atoms with Crippen molar-refractivity contribution in [3.05, 3.63) is 28.2 Å². The first-order valence-corrected chi connectivity index (χ1v) is 8.73. The number of nitrogens with zero attached hydrogens (tertiary/aromatic N) is 1. The fraction of sp³-hybridized carbons (Fsp3) is 0.222. The third-order valence-electron chi connectivity index (χ3n) is 1.93. The van der Waals surface area contributed by atoms with Gasteiger partial charge >= 0.3 is 6.03 Å². The molecule has 0 aliphatic rings. The van der Waals surface area contributed by atoms with E-state index in [1.54, 1.807) is 0 Å². The molecule has 0 aliphatic carbocycles. The molecule has 0 unspecified atom stereocenters. The Morgan fingerprint density at radius 2 is 2.00 bits per heavy atom. The second-order valence-electron chi connectivity index (χ2n) is 3.10. The van der Waals surface area contributed by atoms with E-state index in [0.717, 1.165) is 4.31 Å². The zero-order chi connectivity index (χ0) is 13.9. The fourth-order valence-electron chi connectivity index (χ4n) is 1.15. The quantitative estimate of drug-likeness (QED) is 0.806. The average molecular weight is 354 g/mol. The molecule has 102 valence electrons. The first-order valence-electron chi connectivity index (χ1n) is 4.56. The summed E-state index contributed by atoms with van der Waals surface area (Å²) in [5.74, 6) is 0. The normalized spacial score (nSPS) is 12.1. The van der Waals surface area contributed by atoms with Gasteiger partial charge in [0.25, 0.3) is 0 Å². The van der Waals surface area contributed by atoms with Crippen molar-refractivity contribution in [1.82, 2.24) is 5.32 Å². The highest BCUT2D eigenvalue weighted by molar-refractivity contribution is 8.66. The number of rotatable bonds is 3. The summed E-state index contributed by atoms with van der Waals surface area (Å²) in [4.78, 5) is 11.7. The largest absolute Gasteiger partial charge is 0.340 e. The zero-order valence-electron chi connectivity index (χ0n) is 9.09. The maximum Gasteiger partial charge on any atom is 0.332 e. The van der Waals surface area contributed by atoms with E-state index < -0.39 is 20.7 Å². The van der Waals surface area contributed by atoms with Crippen LogP contribution in [0, 0.1) is 0 Å². The van der Waals surface area contributed by atoms with Gasteiger partial charge in [0.1, 0.15) is 0 Å². The molecule has 2 amide bonds. The van der Waals surface area contributed by atoms with Crippen molar-refractivity contribution in [2.75, 3.05) is 17.4 Å². The average Bonchev–Trinajstić information content (AvgIpc) is 2.33. The molecule has 0 fully saturated rings. The van der Waals surface area contributed by atoms with E-state index in [4.69, 9.17) is 44.6 Å². The molecule has 9 heteroatoms. The van der Waals surface area contributed by atoms with Gasteiger partial charge in [0.05, 0.1) is 15.7 Å². The van der Waals surface area contributed by atoms with Crippen molar-refractivity contribution in [1.29, 1.82) is 0 Å². The van der Waals surface area contributed by atoms with Crippen LogP contribution in [0.3, 0.4) is 0 Å². The number of halogens is 5. The van der Waals surface area contributed by atoms with Gasteiger partial charge in [-0.05, 0) is 39.6 Å². The predicted octanol–water partition coefficient (Wildman–Crippen LogP) is 5.09. The molecule has 1 N–H and O–H groups in total. The molecule has 1 rings (SSSR count). The minimum absolute atomic E-state index is 0.213. The number of anilines is 1. The van der Waals surface area contributed by atoms with Gasteiger partial charge in [-0.3, -0.25) is 0 Å². The molecule has 18 heavy (non-hydrogen) atoms. The molecular weight excluding hydrogens is 345 g/mol. The van der Waals surface area contributed by atoms with E-state index in [1.807, 2.05) is 0 Å². The van der Waals surface area contributed by atoms with Gasteiger partial charge in [-0.15, -0.1) is 0 Å². The monoisotopic (exact) mass is 352 g/mol. The smallest absolute Gasteiger partial charge is 0.332 e. The molecule has 0 heterocycles. The molecule has 0 atom stereocenters. The second kappa shape index (κ2) is 6.39. The fourth-order valence-corrected chi connectivity index (χ4v) is 3.15. The maximum absolute atomic E-state index is 12.9. The third-order valence-corrected chi connectivity index (χ3v) is 5.17. The van der Waals surface area contributed by atoms with E-state index >= 15 is 0 Å². The highest BCUT2D eigenvalue weighted by atomic mass is 36.0. The van der Waals surface area contributed by atoms with E-state index in [9.17, 15) is 9.18 Å². The van der Waals surface area contributed by atoms with Crippen molar-refractivity contribution >= 4 is 64.9 Å². The van der Waals surface area contributed by atoms with Crippen molar-refractivity contribution in [3.8, 4) is 0 Å². The van der Waals surface area contributed by atoms with Crippen LogP contribution in [0.1, 0.15) is 0 Å². The Bertz CT molecular complexity index is 460. The van der Waals surface area contributed by atoms with Crippen LogP contribution in [0.15, 0.2) is 18.2 Å². The number of benzene rings is 1. The van der Waals surface area contributed by atoms with Crippen molar-refractivity contribution in [2.45, 2.75) is 0 Å². The summed E-state index contributed by atoms with van der Waals surface area (Å²) in [6, 6.07) is 2.64. The number of carbonyl (C=O) groups is 1. The summed E-state index contributed by atoms with van der Waals surface area (Å²) < 4.78 is 13.8. The summed E-state index contributed by atoms with van der Waals surface area (Å²) in [5.41, 5.74) is 0.265. The van der Waals surface area contributed by atoms with Gasteiger partial charge in [0, 0.05) is 15.7 Å². The maximum atomic E-state index is 12.9. The summed E-state index contributed by atoms with van der Waals surface area (Å²) in [6.45, 7) is 0. The molecule has 0 radical (unpaired) electrons. The number of urea groups is 1. The number of hydrogen-bond acceptors (Lipinski definition) is 1. The zero-order valence-corrected chi connectivity index (χ0v) is 12.9. The molecule has 0 saturated heterocycles. The summed E-state index contributed by atoms with van der Waals surface area (Å²) >= 11 is 11.6. The van der Waals surface area contributed by atoms with E-state index in [-0.39, 0.29) is 10.7 Å². The van der Waals surface area contributed by atoms with Gasteiger partial charge in [-0.2, -0.15) is 0 Å². The lowest BCUT2D eigenvalue weighted by atomic mass is 10.3. The SMILES string of the molecule is CNC(=O)N(c1ccc(Cl)c(Cl)c1)S(Cl)(Cl)CF. The molecule has 0 aliphatic heterocycles. The van der Waals surface area contributed by atoms with Gasteiger partial charge in [-0.1, -0.05) is 23.2 Å². The van der Waals surface area contributed by atoms with Gasteiger partial charge in [0.15, 0.2) is 6.01 Å².